The Kier molecular flexibility index (Phi) is 7.45. The monoisotopic (exact) mass is 401 g/mol. The smallest absolute Gasteiger partial charge is 0.234 e. The normalized spacial score (nSPS) is 14.7. The molecule has 1 fully saturated rings. The molecule has 1 aliphatic heterocycles. The largest absolute Gasteiger partial charge is 0.339 e. The molecule has 2 aromatic rings. The van der Waals surface area contributed by atoms with Gasteiger partial charge in [-0.3, -0.25) is 14.5 Å². The molecule has 3 rings (SSSR count). The Balaban J connectivity index is 1.34. The van der Waals surface area contributed by atoms with E-state index in [1.807, 2.05) is 23.1 Å². The van der Waals surface area contributed by atoms with Gasteiger partial charge in [0.25, 0.3) is 0 Å². The van der Waals surface area contributed by atoms with E-state index in [2.05, 4.69) is 22.3 Å². The Morgan fingerprint density at radius 1 is 0.929 bits per heavy atom. The molecule has 148 valence electrons. The van der Waals surface area contributed by atoms with Crippen LogP contribution in [0.4, 0.5) is 10.1 Å². The van der Waals surface area contributed by atoms with Crippen molar-refractivity contribution in [1.82, 2.24) is 9.80 Å². The number of amides is 2. The molecular weight excluding hydrogens is 377 g/mol. The quantitative estimate of drug-likeness (QED) is 0.775. The summed E-state index contributed by atoms with van der Waals surface area (Å²) in [5.41, 5.74) is 1.44. The highest BCUT2D eigenvalue weighted by molar-refractivity contribution is 8.00. The number of carbonyl (C=O) groups is 2. The molecule has 0 aliphatic carbocycles. The molecule has 28 heavy (non-hydrogen) atoms. The number of benzene rings is 2. The summed E-state index contributed by atoms with van der Waals surface area (Å²) in [6.07, 6.45) is 0. The van der Waals surface area contributed by atoms with Gasteiger partial charge in [0.15, 0.2) is 0 Å². The summed E-state index contributed by atoms with van der Waals surface area (Å²) >= 11 is 1.25. The highest BCUT2D eigenvalue weighted by Crippen LogP contribution is 2.14. The first-order valence-electron chi connectivity index (χ1n) is 9.28. The second-order valence-electron chi connectivity index (χ2n) is 6.66. The van der Waals surface area contributed by atoms with Crippen LogP contribution in [0, 0.1) is 5.82 Å². The van der Waals surface area contributed by atoms with E-state index in [-0.39, 0.29) is 29.0 Å². The fraction of sp³-hybridized carbons (Fsp3) is 0.333. The average Bonchev–Trinajstić information content (AvgIpc) is 2.71. The standard InChI is InChI=1S/C21H24FN3O2S/c22-18-8-4-5-9-19(18)23-20(26)15-28-16-21(27)25-12-10-24(11-13-25)14-17-6-2-1-3-7-17/h1-9H,10-16H2,(H,23,26). The summed E-state index contributed by atoms with van der Waals surface area (Å²) in [7, 11) is 0. The summed E-state index contributed by atoms with van der Waals surface area (Å²) < 4.78 is 13.5. The van der Waals surface area contributed by atoms with E-state index < -0.39 is 5.82 Å². The Bertz CT molecular complexity index is 795. The number of para-hydroxylation sites is 1. The van der Waals surface area contributed by atoms with Crippen LogP contribution in [-0.4, -0.2) is 59.3 Å². The molecule has 0 unspecified atom stereocenters. The first-order valence-corrected chi connectivity index (χ1v) is 10.4. The fourth-order valence-electron chi connectivity index (χ4n) is 3.07. The van der Waals surface area contributed by atoms with Crippen LogP contribution in [0.25, 0.3) is 0 Å². The number of anilines is 1. The highest BCUT2D eigenvalue weighted by Gasteiger charge is 2.21. The van der Waals surface area contributed by atoms with Crippen molar-refractivity contribution in [3.05, 3.63) is 66.0 Å². The lowest BCUT2D eigenvalue weighted by Crippen LogP contribution is -2.48. The number of nitrogens with one attached hydrogen (secondary N) is 1. The first kappa shape index (κ1) is 20.4. The van der Waals surface area contributed by atoms with Gasteiger partial charge in [0.05, 0.1) is 17.2 Å². The lowest BCUT2D eigenvalue weighted by molar-refractivity contribution is -0.130. The third-order valence-corrected chi connectivity index (χ3v) is 5.50. The van der Waals surface area contributed by atoms with Crippen LogP contribution in [0.1, 0.15) is 5.56 Å². The first-order chi connectivity index (χ1) is 13.6. The summed E-state index contributed by atoms with van der Waals surface area (Å²) in [5, 5.41) is 2.53. The molecule has 2 amide bonds. The Morgan fingerprint density at radius 2 is 1.61 bits per heavy atom. The van der Waals surface area contributed by atoms with E-state index >= 15 is 0 Å². The van der Waals surface area contributed by atoms with Crippen LogP contribution in [0.5, 0.6) is 0 Å². The van der Waals surface area contributed by atoms with Crippen molar-refractivity contribution in [2.24, 2.45) is 0 Å². The van der Waals surface area contributed by atoms with Gasteiger partial charge < -0.3 is 10.2 Å². The summed E-state index contributed by atoms with van der Waals surface area (Å²) in [6.45, 7) is 3.99. The molecule has 0 saturated carbocycles. The van der Waals surface area contributed by atoms with Crippen molar-refractivity contribution in [3.8, 4) is 0 Å². The maximum absolute atomic E-state index is 13.5. The SMILES string of the molecule is O=C(CSCC(=O)N1CCN(Cc2ccccc2)CC1)Nc1ccccc1F. The lowest BCUT2D eigenvalue weighted by atomic mass is 10.2. The predicted octanol–water partition coefficient (Wildman–Crippen LogP) is 2.84. The van der Waals surface area contributed by atoms with Gasteiger partial charge in [-0.25, -0.2) is 4.39 Å². The molecule has 1 aliphatic rings. The van der Waals surface area contributed by atoms with Gasteiger partial charge in [-0.15, -0.1) is 11.8 Å². The highest BCUT2D eigenvalue weighted by atomic mass is 32.2. The second-order valence-corrected chi connectivity index (χ2v) is 7.65. The number of thioether (sulfide) groups is 1. The topological polar surface area (TPSA) is 52.7 Å². The van der Waals surface area contributed by atoms with E-state index in [1.165, 1.54) is 29.5 Å². The summed E-state index contributed by atoms with van der Waals surface area (Å²) in [6, 6.07) is 16.3. The maximum atomic E-state index is 13.5. The minimum Gasteiger partial charge on any atom is -0.339 e. The molecule has 0 radical (unpaired) electrons. The van der Waals surface area contributed by atoms with Crippen molar-refractivity contribution >= 4 is 29.3 Å². The zero-order valence-electron chi connectivity index (χ0n) is 15.6. The Labute approximate surface area is 168 Å². The van der Waals surface area contributed by atoms with Crippen LogP contribution in [-0.2, 0) is 16.1 Å². The van der Waals surface area contributed by atoms with Crippen LogP contribution < -0.4 is 5.32 Å². The van der Waals surface area contributed by atoms with Crippen LogP contribution in [0.2, 0.25) is 0 Å². The number of nitrogens with zero attached hydrogens (tertiary/aromatic N) is 2. The zero-order chi connectivity index (χ0) is 19.8. The zero-order valence-corrected chi connectivity index (χ0v) is 16.5. The van der Waals surface area contributed by atoms with E-state index in [0.29, 0.717) is 13.1 Å². The number of halogens is 1. The molecule has 7 heteroatoms. The van der Waals surface area contributed by atoms with Gasteiger partial charge in [-0.05, 0) is 17.7 Å². The predicted molar refractivity (Wildman–Crippen MR) is 111 cm³/mol. The van der Waals surface area contributed by atoms with Crippen molar-refractivity contribution in [1.29, 1.82) is 0 Å². The van der Waals surface area contributed by atoms with Crippen molar-refractivity contribution < 1.29 is 14.0 Å². The molecule has 0 spiro atoms. The molecule has 1 saturated heterocycles. The molecule has 0 atom stereocenters. The van der Waals surface area contributed by atoms with Crippen LogP contribution >= 0.6 is 11.8 Å². The van der Waals surface area contributed by atoms with Gasteiger partial charge >= 0.3 is 0 Å². The number of hydrogen-bond acceptors (Lipinski definition) is 4. The number of piperazine rings is 1. The summed E-state index contributed by atoms with van der Waals surface area (Å²) in [4.78, 5) is 28.5. The van der Waals surface area contributed by atoms with E-state index in [4.69, 9.17) is 0 Å². The van der Waals surface area contributed by atoms with Crippen molar-refractivity contribution in [2.45, 2.75) is 6.54 Å². The lowest BCUT2D eigenvalue weighted by Gasteiger charge is -2.34. The molecule has 1 heterocycles. The fourth-order valence-corrected chi connectivity index (χ4v) is 3.79. The van der Waals surface area contributed by atoms with Crippen LogP contribution in [0.3, 0.4) is 0 Å². The maximum Gasteiger partial charge on any atom is 0.234 e. The van der Waals surface area contributed by atoms with E-state index in [9.17, 15) is 14.0 Å². The van der Waals surface area contributed by atoms with E-state index in [1.54, 1.807) is 12.1 Å². The van der Waals surface area contributed by atoms with E-state index in [0.717, 1.165) is 19.6 Å². The molecule has 2 aromatic carbocycles. The Morgan fingerprint density at radius 3 is 2.32 bits per heavy atom. The van der Waals surface area contributed by atoms with Gasteiger partial charge in [-0.1, -0.05) is 42.5 Å². The minimum absolute atomic E-state index is 0.0445. The molecule has 0 aromatic heterocycles. The Hall–Kier alpha value is -2.38. The van der Waals surface area contributed by atoms with Crippen molar-refractivity contribution in [3.63, 3.8) is 0 Å². The second kappa shape index (κ2) is 10.2. The number of carbonyl (C=O) groups excluding carboxylic acids is 2. The van der Waals surface area contributed by atoms with Gasteiger partial charge in [0, 0.05) is 32.7 Å². The average molecular weight is 402 g/mol. The molecule has 0 bridgehead atoms. The van der Waals surface area contributed by atoms with Crippen LogP contribution in [0.15, 0.2) is 54.6 Å². The number of rotatable bonds is 7. The molecule has 5 nitrogen and oxygen atoms in total. The minimum atomic E-state index is -0.467. The third-order valence-electron chi connectivity index (χ3n) is 4.58. The van der Waals surface area contributed by atoms with Gasteiger partial charge in [-0.2, -0.15) is 0 Å². The summed E-state index contributed by atoms with van der Waals surface area (Å²) in [5.74, 6) is -0.360. The number of hydrogen-bond donors (Lipinski definition) is 1. The third kappa shape index (κ3) is 6.07. The van der Waals surface area contributed by atoms with Gasteiger partial charge in [0.1, 0.15) is 5.82 Å². The van der Waals surface area contributed by atoms with Crippen molar-refractivity contribution in [2.75, 3.05) is 43.0 Å². The molecular formula is C21H24FN3O2S. The van der Waals surface area contributed by atoms with Gasteiger partial charge in [0.2, 0.25) is 11.8 Å². The molecule has 1 N–H and O–H groups in total.